The first-order valence-corrected chi connectivity index (χ1v) is 32.4. The fourth-order valence-corrected chi connectivity index (χ4v) is 13.2. The summed E-state index contributed by atoms with van der Waals surface area (Å²) in [4.78, 5) is 50.4. The molecule has 0 aromatic rings. The van der Waals surface area contributed by atoms with E-state index in [-0.39, 0.29) is 0 Å². The summed E-state index contributed by atoms with van der Waals surface area (Å²) in [5, 5.41) is 242. The van der Waals surface area contributed by atoms with Crippen molar-refractivity contribution in [2.75, 3.05) is 52.9 Å². The van der Waals surface area contributed by atoms with Crippen LogP contribution in [0.5, 0.6) is 0 Å². The first kappa shape index (κ1) is 83.1. The first-order chi connectivity index (χ1) is 47.8. The van der Waals surface area contributed by atoms with Gasteiger partial charge in [0.2, 0.25) is 23.6 Å². The third-order valence-corrected chi connectivity index (χ3v) is 18.5. The van der Waals surface area contributed by atoms with Crippen molar-refractivity contribution in [1.82, 2.24) is 21.3 Å². The van der Waals surface area contributed by atoms with Gasteiger partial charge in [0.15, 0.2) is 44.0 Å². The van der Waals surface area contributed by atoms with Gasteiger partial charge in [-0.25, -0.2) is 0 Å². The number of nitrogens with one attached hydrogen (secondary N) is 4. The molecule has 8 heterocycles. The Kier molecular flexibility index (Phi) is 29.9. The molecule has 8 fully saturated rings. The minimum Gasteiger partial charge on any atom is -0.394 e. The lowest BCUT2D eigenvalue weighted by Gasteiger charge is -2.51. The second-order valence-corrected chi connectivity index (χ2v) is 25.7. The lowest BCUT2D eigenvalue weighted by molar-refractivity contribution is -0.396. The summed E-state index contributed by atoms with van der Waals surface area (Å²) >= 11 is 0. The maximum absolute atomic E-state index is 12.9. The zero-order chi connectivity index (χ0) is 74.5. The molecule has 25 N–H and O–H groups in total. The summed E-state index contributed by atoms with van der Waals surface area (Å²) in [6, 6.07) is -6.60. The van der Waals surface area contributed by atoms with Crippen LogP contribution in [0.4, 0.5) is 0 Å². The number of hydrogen-bond acceptors (Lipinski definition) is 40. The van der Waals surface area contributed by atoms with Crippen LogP contribution >= 0.6 is 0 Å². The summed E-state index contributed by atoms with van der Waals surface area (Å²) in [5.41, 5.74) is 0. The number of aliphatic hydroxyl groups excluding tert-OH is 21. The highest BCUT2D eigenvalue weighted by Crippen LogP contribution is 2.39. The molecule has 0 aromatic heterocycles. The summed E-state index contributed by atoms with van der Waals surface area (Å²) in [6.45, 7) is -2.66. The Bertz CT molecular complexity index is 2640. The van der Waals surface area contributed by atoms with E-state index in [0.29, 0.717) is 0 Å². The molecule has 0 saturated carbocycles. The van der Waals surface area contributed by atoms with E-state index in [9.17, 15) is 126 Å². The monoisotopic (exact) mass is 1480 g/mol. The number of carbonyl (C=O) groups is 4. The van der Waals surface area contributed by atoms with Crippen molar-refractivity contribution in [3.8, 4) is 0 Å². The molecular formula is C57H96N4O40. The third kappa shape index (κ3) is 18.5. The van der Waals surface area contributed by atoms with Crippen molar-refractivity contribution in [2.24, 2.45) is 0 Å². The number of ether oxygens (including phenoxy) is 15. The Labute approximate surface area is 573 Å². The van der Waals surface area contributed by atoms with Crippen molar-refractivity contribution in [1.29, 1.82) is 0 Å². The van der Waals surface area contributed by atoms with Gasteiger partial charge in [0.05, 0.1) is 65.0 Å². The number of hydrogen-bond donors (Lipinski definition) is 25. The molecule has 0 bridgehead atoms. The largest absolute Gasteiger partial charge is 0.394 e. The number of aliphatic hydroxyl groups is 21. The SMILES string of the molecule is CC(=O)NC1C(O)[C@H](O[C@@H]2OC(CO)[C@H](O)[C@H](O)C2O)[C@H](CO)O[C@H]1OC1[C@@H](OCC2O[C@@H](O[C@@H]3C(CO)O[C@@H](O[C@@H]4C(CO)OC(C)C(NC(C)=O)[C@H]4O)C(NC(C)=O)[C@H]3O)C(O)[C@@H](O[C@H]3O[C@H](CO)[C@@H](O)C(O)C3O[C@@H]3OC(CO)[C@@H](O)[C@H](O)C3NC(C)=O)[C@@H]2O)OC(CO)[C@@H](O)[C@@H]1O. The molecule has 8 rings (SSSR count). The van der Waals surface area contributed by atoms with Crippen molar-refractivity contribution in [2.45, 2.75) is 280 Å². The maximum atomic E-state index is 12.9. The minimum absolute atomic E-state index is 0.609. The van der Waals surface area contributed by atoms with E-state index in [2.05, 4.69) is 21.3 Å². The van der Waals surface area contributed by atoms with Crippen molar-refractivity contribution < 1.29 is 197 Å². The molecule has 0 radical (unpaired) electrons. The van der Waals surface area contributed by atoms with Gasteiger partial charge >= 0.3 is 0 Å². The quantitative estimate of drug-likeness (QED) is 0.0382. The Balaban J connectivity index is 1.13. The van der Waals surface area contributed by atoms with Gasteiger partial charge in [0.1, 0.15) is 189 Å². The van der Waals surface area contributed by atoms with Gasteiger partial charge in [-0.1, -0.05) is 0 Å². The molecule has 4 amide bonds. The molecule has 40 atom stereocenters. The van der Waals surface area contributed by atoms with E-state index in [1.54, 1.807) is 0 Å². The average molecular weight is 1480 g/mol. The number of carbonyl (C=O) groups excluding carboxylic acids is 4. The van der Waals surface area contributed by atoms with Crippen LogP contribution in [0, 0.1) is 0 Å². The molecular weight excluding hydrogens is 1380 g/mol. The van der Waals surface area contributed by atoms with Crippen LogP contribution in [0.25, 0.3) is 0 Å². The zero-order valence-electron chi connectivity index (χ0n) is 54.9. The fraction of sp³-hybridized carbons (Fsp3) is 0.930. The molecule has 0 spiro atoms. The fourth-order valence-electron chi connectivity index (χ4n) is 13.2. The Morgan fingerprint density at radius 1 is 0.267 bits per heavy atom. The van der Waals surface area contributed by atoms with Crippen LogP contribution in [-0.2, 0) is 90.2 Å². The van der Waals surface area contributed by atoms with Gasteiger partial charge in [-0.15, -0.1) is 0 Å². The molecule has 44 nitrogen and oxygen atoms in total. The highest BCUT2D eigenvalue weighted by Gasteiger charge is 2.60. The Morgan fingerprint density at radius 2 is 0.554 bits per heavy atom. The molecule has 8 aliphatic heterocycles. The summed E-state index contributed by atoms with van der Waals surface area (Å²) in [6.07, 6.45) is -71.1. The summed E-state index contributed by atoms with van der Waals surface area (Å²) in [7, 11) is 0. The van der Waals surface area contributed by atoms with Crippen molar-refractivity contribution >= 4 is 23.6 Å². The van der Waals surface area contributed by atoms with Gasteiger partial charge in [-0.05, 0) is 6.92 Å². The standard InChI is InChI=1S/C57H96N4O40/c1-14-27(58-15(2)69)37(79)45(23(10-66)88-14)96-52-29(60-17(4)71)38(80)47(25(12-68)93-52)98-55-44(86)48(99-57-50(42(84)34(76)22(9-65)92-57)101-51-28(59-16(3)70)36(78)31(73)19(6-62)89-51)35(77)26(95-55)13-87-56-49(41(83)33(75)21(8-64)91-56)100-53-30(61-18(5)72)39(81)46(24(11-67)94-53)97-54-43(85)40(82)32(74)20(7-63)90-54/h14,19-57,62-68,73-86H,6-13H2,1-5H3,(H,58,69)(H,59,70)(H,60,71)(H,61,72)/t14?,19?,20?,21?,22-,23?,24+,25?,26?,27?,28?,29?,30?,31-,32+,33-,34-,35-,36-,37-,38-,39?,40+,41+,42?,43?,44?,45-,46-,47-,48+,49?,50?,51+,52+,53+,54+,55+,56+,57-/m1/s1. The van der Waals surface area contributed by atoms with Crippen LogP contribution < -0.4 is 21.3 Å². The van der Waals surface area contributed by atoms with Gasteiger partial charge in [0.25, 0.3) is 0 Å². The highest BCUT2D eigenvalue weighted by atomic mass is 16.8. The van der Waals surface area contributed by atoms with E-state index in [1.807, 2.05) is 0 Å². The molecule has 0 aromatic carbocycles. The lowest BCUT2D eigenvalue weighted by Crippen LogP contribution is -2.70. The van der Waals surface area contributed by atoms with Crippen LogP contribution in [-0.4, -0.2) is 429 Å². The highest BCUT2D eigenvalue weighted by molar-refractivity contribution is 5.74. The van der Waals surface area contributed by atoms with Crippen molar-refractivity contribution in [3.05, 3.63) is 0 Å². The van der Waals surface area contributed by atoms with Crippen LogP contribution in [0.15, 0.2) is 0 Å². The van der Waals surface area contributed by atoms with Crippen LogP contribution in [0.3, 0.4) is 0 Å². The van der Waals surface area contributed by atoms with Gasteiger partial charge < -0.3 is 200 Å². The smallest absolute Gasteiger partial charge is 0.217 e. The molecule has 8 saturated heterocycles. The van der Waals surface area contributed by atoms with E-state index >= 15 is 0 Å². The molecule has 584 valence electrons. The Hall–Kier alpha value is -3.56. The number of amides is 4. The Morgan fingerprint density at radius 3 is 0.980 bits per heavy atom. The zero-order valence-corrected chi connectivity index (χ0v) is 54.9. The predicted molar refractivity (Wildman–Crippen MR) is 314 cm³/mol. The molecule has 8 aliphatic rings. The second kappa shape index (κ2) is 36.4. The van der Waals surface area contributed by atoms with E-state index in [4.69, 9.17) is 71.1 Å². The van der Waals surface area contributed by atoms with Gasteiger partial charge in [-0.3, -0.25) is 19.2 Å². The van der Waals surface area contributed by atoms with Gasteiger partial charge in [-0.2, -0.15) is 0 Å². The summed E-state index contributed by atoms with van der Waals surface area (Å²) < 4.78 is 89.4. The molecule has 44 heteroatoms. The second-order valence-electron chi connectivity index (χ2n) is 25.7. The molecule has 101 heavy (non-hydrogen) atoms. The summed E-state index contributed by atoms with van der Waals surface area (Å²) in [5.74, 6) is -3.23. The first-order valence-electron chi connectivity index (χ1n) is 32.4. The lowest BCUT2D eigenvalue weighted by atomic mass is 9.92. The minimum atomic E-state index is -2.48. The van der Waals surface area contributed by atoms with Crippen LogP contribution in [0.1, 0.15) is 34.6 Å². The van der Waals surface area contributed by atoms with E-state index in [1.165, 1.54) is 6.92 Å². The predicted octanol–water partition coefficient (Wildman–Crippen LogP) is -16.8. The molecule has 17 unspecified atom stereocenters. The topological polar surface area (TPSA) is 680 Å². The maximum Gasteiger partial charge on any atom is 0.217 e. The van der Waals surface area contributed by atoms with Crippen LogP contribution in [0.2, 0.25) is 0 Å². The molecule has 0 aliphatic carbocycles. The number of rotatable bonds is 26. The van der Waals surface area contributed by atoms with Crippen molar-refractivity contribution in [3.63, 3.8) is 0 Å². The third-order valence-electron chi connectivity index (χ3n) is 18.5. The normalized spacial score (nSPS) is 48.3. The van der Waals surface area contributed by atoms with Gasteiger partial charge in [0, 0.05) is 27.7 Å². The average Bonchev–Trinajstić information content (AvgIpc) is 0.773. The van der Waals surface area contributed by atoms with E-state index < -0.39 is 322 Å². The van der Waals surface area contributed by atoms with E-state index in [0.717, 1.165) is 27.7 Å².